The standard InChI is InChI=1S/3C36H43N5O6.2Mn/c3*1-19-23(5-7-35(44)45)31-16-32-24(6-8-36(46)47)20(2)28(39-32)17-33-22(4)26(10-14-43)34(41(33)12-11-37)18-29-21(3)25(9-13-42)30(40-29)15-27(19)38-31;;/h3*15-18,38,42-43H,5-14,37H2,1-4H3,(H,44,45)(H,46,47);;/q;;;2*+3/p-6. The number of carboxylic acids is 6. The normalized spacial score (nSPS) is 13.0. The maximum Gasteiger partial charge on any atom is 3.00 e. The molecule has 6 aliphatic rings. The van der Waals surface area contributed by atoms with Crippen molar-refractivity contribution in [2.45, 2.75) is 218 Å². The van der Waals surface area contributed by atoms with Crippen molar-refractivity contribution in [3.8, 4) is 0 Å². The predicted octanol–water partition coefficient (Wildman–Crippen LogP) is 7.06. The molecule has 0 aromatic carbocycles. The number of hydrogen-bond acceptors (Lipinski definition) is 27. The van der Waals surface area contributed by atoms with Crippen LogP contribution >= 0.6 is 0 Å². The molecule has 752 valence electrons. The van der Waals surface area contributed by atoms with E-state index in [1.54, 1.807) is 0 Å². The van der Waals surface area contributed by atoms with E-state index in [0.29, 0.717) is 146 Å². The van der Waals surface area contributed by atoms with Gasteiger partial charge < -0.3 is 136 Å². The Balaban J connectivity index is 0.000000203. The van der Waals surface area contributed by atoms with E-state index in [1.807, 2.05) is 156 Å². The number of aromatic nitrogens is 12. The summed E-state index contributed by atoms with van der Waals surface area (Å²) in [4.78, 5) is 110. The van der Waals surface area contributed by atoms with Gasteiger partial charge in [-0.25, -0.2) is 29.9 Å². The summed E-state index contributed by atoms with van der Waals surface area (Å²) in [5, 5.41) is 129. The average molecular weight is 2030 g/mol. The number of aliphatic hydroxyl groups is 6. The second kappa shape index (κ2) is 48.6. The maximum atomic E-state index is 11.5. The number of fused-ring (bicyclic) bond motifs is 24. The fourth-order valence-electron chi connectivity index (χ4n) is 20.3. The van der Waals surface area contributed by atoms with E-state index in [0.717, 1.165) is 200 Å². The van der Waals surface area contributed by atoms with Crippen LogP contribution in [0.2, 0.25) is 0 Å². The summed E-state index contributed by atoms with van der Waals surface area (Å²) in [6.45, 7) is 25.7. The smallest absolute Gasteiger partial charge is 0.550 e. The van der Waals surface area contributed by atoms with Gasteiger partial charge in [0.2, 0.25) is 0 Å². The summed E-state index contributed by atoms with van der Waals surface area (Å²) in [7, 11) is 0. The second-order valence-corrected chi connectivity index (χ2v) is 36.3. The number of H-pyrrole nitrogens is 3. The molecule has 9 aromatic heterocycles. The first-order valence-electron chi connectivity index (χ1n) is 47.8. The van der Waals surface area contributed by atoms with Crippen LogP contribution in [0.1, 0.15) is 254 Å². The van der Waals surface area contributed by atoms with Crippen molar-refractivity contribution >= 4 is 169 Å². The molecule has 0 saturated heterocycles. The molecule has 0 atom stereocenters. The number of rotatable bonds is 36. The van der Waals surface area contributed by atoms with Gasteiger partial charge in [-0.1, -0.05) is 0 Å². The van der Waals surface area contributed by atoms with Crippen LogP contribution in [0.15, 0.2) is 72.8 Å². The monoisotopic (exact) mass is 2030 g/mol. The van der Waals surface area contributed by atoms with Gasteiger partial charge in [-0.2, -0.15) is 0 Å². The number of aryl methyl sites for hydroxylation is 9. The minimum atomic E-state index is -1.17. The van der Waals surface area contributed by atoms with Crippen LogP contribution in [-0.4, -0.2) is 184 Å². The summed E-state index contributed by atoms with van der Waals surface area (Å²) < 4.78 is 6.35. The molecule has 0 fully saturated rings. The fraction of sp³-hybridized carbons (Fsp3) is 0.389. The van der Waals surface area contributed by atoms with Crippen LogP contribution < -0.4 is 47.8 Å². The van der Waals surface area contributed by atoms with E-state index in [-0.39, 0.29) is 151 Å². The molecule has 0 aliphatic carbocycles. The van der Waals surface area contributed by atoms with Gasteiger partial charge in [-0.05, 0) is 405 Å². The quantitative estimate of drug-likeness (QED) is 0.0175. The molecule has 15 N–H and O–H groups in total. The molecule has 0 amide bonds. The summed E-state index contributed by atoms with van der Waals surface area (Å²) in [6, 6.07) is 23.3. The number of aliphatic carboxylic acids is 6. The van der Waals surface area contributed by atoms with E-state index in [1.165, 1.54) is 0 Å². The largest absolute Gasteiger partial charge is 3.00 e. The Morgan fingerprint density at radius 3 is 0.615 bits per heavy atom. The number of aliphatic hydroxyl groups excluding tert-OH is 6. The Morgan fingerprint density at radius 2 is 0.427 bits per heavy atom. The Kier molecular flexibility index (Phi) is 37.6. The van der Waals surface area contributed by atoms with Crippen LogP contribution in [0.25, 0.3) is 133 Å². The third-order valence-electron chi connectivity index (χ3n) is 27.9. The molecular formula is C108H123Mn2N15O18. The molecule has 0 spiro atoms. The van der Waals surface area contributed by atoms with Gasteiger partial charge in [0, 0.05) is 181 Å². The Labute approximate surface area is 849 Å². The molecule has 35 heteroatoms. The minimum absolute atomic E-state index is 0. The van der Waals surface area contributed by atoms with Gasteiger partial charge >= 0.3 is 34.1 Å². The van der Waals surface area contributed by atoms with E-state index in [2.05, 4.69) is 28.7 Å². The molecule has 33 nitrogen and oxygen atoms in total. The molecule has 0 radical (unpaired) electrons. The summed E-state index contributed by atoms with van der Waals surface area (Å²) >= 11 is 0. The summed E-state index contributed by atoms with van der Waals surface area (Å²) in [6.07, 6.45) is 2.59. The molecule has 6 aliphatic heterocycles. The van der Waals surface area contributed by atoms with Gasteiger partial charge in [0.25, 0.3) is 0 Å². The number of carbonyl (C=O) groups excluding carboxylic acids is 6. The van der Waals surface area contributed by atoms with E-state index >= 15 is 0 Å². The summed E-state index contributed by atoms with van der Waals surface area (Å²) in [5.41, 5.74) is 56.7. The first-order chi connectivity index (χ1) is 67.4. The number of nitrogens with zero attached hydrogens (tertiary/aromatic N) is 9. The third kappa shape index (κ3) is 23.9. The van der Waals surface area contributed by atoms with E-state index in [9.17, 15) is 90.0 Å². The number of carboxylic acid groups (broad SMARTS) is 6. The Morgan fingerprint density at radius 1 is 0.245 bits per heavy atom. The molecule has 9 aromatic rings. The molecule has 0 saturated carbocycles. The van der Waals surface area contributed by atoms with Gasteiger partial charge in [0.1, 0.15) is 0 Å². The van der Waals surface area contributed by atoms with Crippen LogP contribution in [0.4, 0.5) is 0 Å². The van der Waals surface area contributed by atoms with Gasteiger partial charge in [0.15, 0.2) is 0 Å². The third-order valence-corrected chi connectivity index (χ3v) is 27.9. The zero-order chi connectivity index (χ0) is 102. The van der Waals surface area contributed by atoms with E-state index in [4.69, 9.17) is 47.1 Å². The van der Waals surface area contributed by atoms with Gasteiger partial charge in [0.05, 0.1) is 68.3 Å². The first kappa shape index (κ1) is 111. The van der Waals surface area contributed by atoms with Crippen LogP contribution in [0.5, 0.6) is 0 Å². The van der Waals surface area contributed by atoms with Gasteiger partial charge in [-0.15, -0.1) is 0 Å². The number of allylic oxidation sites excluding steroid dienone is 9. The van der Waals surface area contributed by atoms with Crippen LogP contribution in [0, 0.1) is 41.5 Å². The SMILES string of the molecule is CC1=C(CCO)c2cc3[nH]c(cc4nc(cc5c(C)c(CCO)c(cc1n2)n5CCN)C(C)=C4CCC(=O)[O-])c(CCC(=O)[O-])c3C.CC1=C(CCO)c2cc3[nH]c(cc4nc(cc5c(C)c(CCO)c(cc1n2)n5CCN)C(C)=C4CCC(=O)[O-])c(CCC(=O)[O-])c3C.CC1=C(CCO)c2cc3[nH]c(cc4nc(cc5c(C)c(CCO)c(cc1n2)n5CCN)C(C)=C4CCC(=O)[O-])c(CCC(=O)[O-])c3C.[Mn+3].[Mn+3]. The van der Waals surface area contributed by atoms with Crippen molar-refractivity contribution in [2.24, 2.45) is 17.2 Å². The molecular weight excluding hydrogens is 1910 g/mol. The van der Waals surface area contributed by atoms with Crippen LogP contribution in [0.3, 0.4) is 0 Å². The van der Waals surface area contributed by atoms with Crippen LogP contribution in [-0.2, 0) is 121 Å². The summed E-state index contributed by atoms with van der Waals surface area (Å²) in [5.74, 6) is -6.99. The number of hydrogen-bond donors (Lipinski definition) is 12. The zero-order valence-electron chi connectivity index (χ0n) is 82.7. The molecule has 15 heterocycles. The minimum Gasteiger partial charge on any atom is -0.550 e. The number of carbonyl (C=O) groups is 6. The van der Waals surface area contributed by atoms with Crippen molar-refractivity contribution in [1.82, 2.24) is 58.6 Å². The van der Waals surface area contributed by atoms with Gasteiger partial charge in [-0.3, -0.25) is 0 Å². The molecule has 15 rings (SSSR count). The van der Waals surface area contributed by atoms with Crippen molar-refractivity contribution in [3.63, 3.8) is 0 Å². The van der Waals surface area contributed by atoms with Crippen molar-refractivity contribution in [3.05, 3.63) is 208 Å². The predicted molar refractivity (Wildman–Crippen MR) is 535 cm³/mol. The van der Waals surface area contributed by atoms with Crippen molar-refractivity contribution < 1.29 is 124 Å². The van der Waals surface area contributed by atoms with Crippen molar-refractivity contribution in [1.29, 1.82) is 0 Å². The Hall–Kier alpha value is -12.7. The molecule has 0 unspecified atom stereocenters. The first-order valence-corrected chi connectivity index (χ1v) is 47.8. The number of aromatic amines is 3. The zero-order valence-corrected chi connectivity index (χ0v) is 85.1. The topological polar surface area (TPSA) is 580 Å². The Bertz CT molecular complexity index is 6630. The number of nitrogens with two attached hydrogens (primary N) is 3. The van der Waals surface area contributed by atoms with Crippen molar-refractivity contribution in [2.75, 3.05) is 59.3 Å². The fourth-order valence-corrected chi connectivity index (χ4v) is 20.3. The molecule has 143 heavy (non-hydrogen) atoms. The van der Waals surface area contributed by atoms with E-state index < -0.39 is 35.8 Å². The second-order valence-electron chi connectivity index (χ2n) is 36.3. The maximum absolute atomic E-state index is 11.5. The number of nitrogens with one attached hydrogen (secondary N) is 3. The average Bonchev–Trinajstić information content (AvgIpc) is 1.61. The molecule has 24 bridgehead atoms.